The number of aromatic carboxylic acids is 1. The van der Waals surface area contributed by atoms with Gasteiger partial charge in [-0.3, -0.25) is 19.2 Å². The smallest absolute Gasteiger partial charge is 0.337 e. The molecule has 11 N–H and O–H groups in total. The highest BCUT2D eigenvalue weighted by Gasteiger charge is 2.48. The maximum atomic E-state index is 13.0. The lowest BCUT2D eigenvalue weighted by atomic mass is 9.93. The number of alkyl halides is 6. The molecule has 0 bridgehead atoms. The van der Waals surface area contributed by atoms with Gasteiger partial charge in [0, 0.05) is 84.1 Å². The molecule has 0 aliphatic heterocycles. The lowest BCUT2D eigenvalue weighted by molar-refractivity contribution is -0.161. The molecular weight excluding hydrogens is 1760 g/mol. The standard InChI is InChI=1S/2C20H19F2NO4.C15H12O2.C14H10O2.C10H7BrO2.C10H8O2.C7H13F2NO3.ClH.H3NO/c1-20(26,19(21)22)16(18(25)27-2)23-17(24)15-11-9-14(10-12-15)6-4-3-5-13-7-8-13;1-20(27,19(21)22)17(16(25)12-24)23-18(26)15-10-8-14(9-11-15)5-3-2-4-13-6-7-13;1-17-15(16)14-10-8-13(9-11-14)5-3-2-4-12-6-7-12;15-14(16)13-9-7-12(8-10-13)4-2-1-3-11-5-6-11;1-13-10(12)9-4-2-8(3-5-9)6-7-11;1-3-8-4-6-9(7-5-8)10(11)12-2;1-7(12,6(8)9)4(10-2)5(11)13-3;;1-2/h9-13,16,19,26H,7-8H2,1-2H3,(H,23,24);8-11,13,17,19,24,27H,6-7,12H2,1H3,(H,23,26);8-12H,6-7H2,1H3;7-11H,5-6H2,(H,15,16);2-5H,1H3;1,4-7H,2H3;4,6,10,12H,1-3H3;1H;2H,1H2/t16-,20+;17-,20+;;;;;4-,7+;;/m11....1../s1. The monoisotopic (exact) mass is 1850 g/mol. The molecule has 2 amide bonds. The van der Waals surface area contributed by atoms with Crippen molar-refractivity contribution >= 4 is 81.8 Å². The van der Waals surface area contributed by atoms with E-state index in [0.717, 1.165) is 82.9 Å². The molecule has 672 valence electrons. The van der Waals surface area contributed by atoms with Crippen molar-refractivity contribution < 1.29 is 124 Å². The van der Waals surface area contributed by atoms with Crippen LogP contribution < -0.4 is 21.8 Å². The molecule has 4 fully saturated rings. The summed E-state index contributed by atoms with van der Waals surface area (Å²) >= 11 is 2.99. The third-order valence-electron chi connectivity index (χ3n) is 17.5. The van der Waals surface area contributed by atoms with E-state index in [0.29, 0.717) is 51.5 Å². The number of carboxylic acids is 1. The third-order valence-corrected chi connectivity index (χ3v) is 17.7. The minimum Gasteiger partial charge on any atom is -0.478 e. The lowest BCUT2D eigenvalue weighted by Gasteiger charge is -2.31. The molecule has 0 aromatic heterocycles. The van der Waals surface area contributed by atoms with E-state index >= 15 is 0 Å². The normalized spacial score (nSPS) is 13.7. The molecule has 24 nitrogen and oxygen atoms in total. The number of benzene rings is 6. The predicted octanol–water partition coefficient (Wildman–Crippen LogP) is 10.4. The van der Waals surface area contributed by atoms with Crippen LogP contribution in [0.1, 0.15) is 168 Å². The highest BCUT2D eigenvalue weighted by molar-refractivity contribution is 9.12. The second-order valence-corrected chi connectivity index (χ2v) is 28.0. The molecule has 4 saturated carbocycles. The Morgan fingerprint density at radius 3 is 0.883 bits per heavy atom. The number of hydrogen-bond donors (Lipinski definition) is 10. The molecule has 0 unspecified atom stereocenters. The topological polar surface area (TPSA) is 383 Å². The Labute approximate surface area is 752 Å². The number of aliphatic hydroxyl groups excluding tert-OH is 1. The van der Waals surface area contributed by atoms with Gasteiger partial charge in [0.2, 0.25) is 0 Å². The van der Waals surface area contributed by atoms with Crippen molar-refractivity contribution in [2.24, 2.45) is 29.6 Å². The van der Waals surface area contributed by atoms with Gasteiger partial charge in [-0.2, -0.15) is 0 Å². The highest BCUT2D eigenvalue weighted by atomic mass is 79.9. The van der Waals surface area contributed by atoms with Crippen LogP contribution >= 0.6 is 28.3 Å². The molecule has 0 spiro atoms. The van der Waals surface area contributed by atoms with Crippen LogP contribution in [0.4, 0.5) is 26.3 Å². The van der Waals surface area contributed by atoms with Crippen LogP contribution in [0.5, 0.6) is 0 Å². The molecule has 6 aromatic carbocycles. The van der Waals surface area contributed by atoms with Gasteiger partial charge in [-0.25, -0.2) is 56.2 Å². The van der Waals surface area contributed by atoms with Crippen molar-refractivity contribution in [1.29, 1.82) is 0 Å². The van der Waals surface area contributed by atoms with E-state index < -0.39 is 96.3 Å². The number of halogens is 8. The summed E-state index contributed by atoms with van der Waals surface area (Å²) in [5.41, 5.74) is -1.51. The van der Waals surface area contributed by atoms with Gasteiger partial charge < -0.3 is 70.4 Å². The van der Waals surface area contributed by atoms with E-state index in [1.165, 1.54) is 78.3 Å². The van der Waals surface area contributed by atoms with Crippen LogP contribution in [0.15, 0.2) is 146 Å². The van der Waals surface area contributed by atoms with E-state index in [2.05, 4.69) is 173 Å². The molecule has 0 heterocycles. The molecule has 4 aliphatic rings. The van der Waals surface area contributed by atoms with E-state index in [1.807, 2.05) is 0 Å². The number of likely N-dealkylation sites (N-methyl/N-ethyl adjacent to an activating group) is 1. The van der Waals surface area contributed by atoms with Gasteiger partial charge in [0.1, 0.15) is 29.9 Å². The largest absolute Gasteiger partial charge is 0.478 e. The molecule has 6 aromatic rings. The van der Waals surface area contributed by atoms with Crippen LogP contribution in [0, 0.1) is 141 Å². The lowest BCUT2D eigenvalue weighted by Crippen LogP contribution is -2.59. The SMILES string of the molecule is C#Cc1ccc(C(=O)OC)cc1.CN[C@H](C(=O)OC)[C@](C)(O)C(F)F.COC(=O)[C@@H](NC(=O)c1ccc(C#CC#CC2CC2)cc1)[C@](C)(O)C(F)F.COC(=O)c1ccc(C#CBr)cc1.COC(=O)c1ccc(C#CC#CC2CC2)cc1.C[C@@](O)(C(F)F)[C@H](NC(=O)c1ccc(C#CC#CC2CC2)cc1)C(=O)CO.Cl.NO.O=C(O)c1ccc(C#CC#CC2CC2)cc1. The summed E-state index contributed by atoms with van der Waals surface area (Å²) in [6.07, 6.45) is 4.81. The first-order chi connectivity index (χ1) is 60.5. The van der Waals surface area contributed by atoms with Crippen molar-refractivity contribution in [3.05, 3.63) is 212 Å². The van der Waals surface area contributed by atoms with Crippen molar-refractivity contribution in [1.82, 2.24) is 16.0 Å². The first-order valence-electron chi connectivity index (χ1n) is 38.1. The van der Waals surface area contributed by atoms with Gasteiger partial charge in [0.05, 0.1) is 57.8 Å². The fraction of sp³-hybridized carbons (Fsp3) is 0.323. The number of methoxy groups -OCH3 is 5. The number of ketones is 1. The number of aliphatic hydroxyl groups is 4. The first kappa shape index (κ1) is 110. The van der Waals surface area contributed by atoms with Gasteiger partial charge in [0.25, 0.3) is 31.1 Å². The van der Waals surface area contributed by atoms with E-state index in [4.69, 9.17) is 21.8 Å². The Kier molecular flexibility index (Phi) is 49.9. The van der Waals surface area contributed by atoms with Crippen LogP contribution in [0.3, 0.4) is 0 Å². The number of carboxylic acid groups (broad SMARTS) is 1. The Bertz CT molecular complexity index is 5250. The molecular formula is C96H92BrClF6N4O20. The van der Waals surface area contributed by atoms with Crippen molar-refractivity contribution in [3.8, 4) is 118 Å². The Morgan fingerprint density at radius 2 is 0.648 bits per heavy atom. The zero-order chi connectivity index (χ0) is 94.8. The summed E-state index contributed by atoms with van der Waals surface area (Å²) in [4.78, 5) is 105. The summed E-state index contributed by atoms with van der Waals surface area (Å²) in [6, 6.07) is 33.6. The summed E-state index contributed by atoms with van der Waals surface area (Å²) in [5.74, 6) is 49.7. The average Bonchev–Trinajstić information content (AvgIpc) is 1.47. The maximum absolute atomic E-state index is 13.0. The van der Waals surface area contributed by atoms with E-state index in [-0.39, 0.29) is 47.0 Å². The number of carbonyl (C=O) groups is 9. The number of esters is 5. The fourth-order valence-corrected chi connectivity index (χ4v) is 9.48. The number of rotatable bonds is 19. The zero-order valence-corrected chi connectivity index (χ0v) is 73.0. The number of terminal acetylenes is 1. The number of nitrogens with one attached hydrogen (secondary N) is 3. The number of nitrogens with two attached hydrogens (primary N) is 1. The predicted molar refractivity (Wildman–Crippen MR) is 467 cm³/mol. The Balaban J connectivity index is 0.000000515. The molecule has 0 saturated heterocycles. The molecule has 32 heteroatoms. The fourth-order valence-electron chi connectivity index (χ4n) is 9.25. The third kappa shape index (κ3) is 40.6. The van der Waals surface area contributed by atoms with Gasteiger partial charge in [-0.1, -0.05) is 59.2 Å². The molecule has 128 heavy (non-hydrogen) atoms. The molecule has 4 aliphatic carbocycles. The van der Waals surface area contributed by atoms with Crippen molar-refractivity contribution in [3.63, 3.8) is 0 Å². The second kappa shape index (κ2) is 57.8. The number of ether oxygens (including phenoxy) is 5. The number of hydrogen-bond acceptors (Lipinski definition) is 21. The summed E-state index contributed by atoms with van der Waals surface area (Å²) in [7, 11) is 7.39. The minimum atomic E-state index is -3.30. The number of amides is 2. The highest BCUT2D eigenvalue weighted by Crippen LogP contribution is 2.30. The van der Waals surface area contributed by atoms with Crippen molar-refractivity contribution in [2.75, 3.05) is 49.2 Å². The molecule has 0 radical (unpaired) electrons. The second-order valence-electron chi connectivity index (χ2n) is 27.6. The zero-order valence-electron chi connectivity index (χ0n) is 70.6. The summed E-state index contributed by atoms with van der Waals surface area (Å²) in [6.45, 7) is 1.25. The first-order valence-corrected chi connectivity index (χ1v) is 38.9. The summed E-state index contributed by atoms with van der Waals surface area (Å²) < 4.78 is 98.9. The van der Waals surface area contributed by atoms with Gasteiger partial charge in [0.15, 0.2) is 17.4 Å². The number of carbonyl (C=O) groups excluding carboxylic acids is 8. The van der Waals surface area contributed by atoms with Gasteiger partial charge >= 0.3 is 35.8 Å². The average molecular weight is 1850 g/mol. The van der Waals surface area contributed by atoms with Crippen LogP contribution in [0.2, 0.25) is 0 Å². The number of Topliss-reactive ketones (excluding diaryl/α,β-unsaturated/α-hetero) is 1. The van der Waals surface area contributed by atoms with Crippen LogP contribution in [0.25, 0.3) is 0 Å². The van der Waals surface area contributed by atoms with E-state index in [9.17, 15) is 84.8 Å². The minimum absolute atomic E-state index is 0. The molecule has 6 atom stereocenters. The molecule has 10 rings (SSSR count). The maximum Gasteiger partial charge on any atom is 0.337 e. The van der Waals surface area contributed by atoms with E-state index in [1.54, 1.807) is 121 Å². The van der Waals surface area contributed by atoms with Gasteiger partial charge in [-0.05, 0) is 277 Å². The summed E-state index contributed by atoms with van der Waals surface area (Å²) in [5, 5.41) is 59.5. The van der Waals surface area contributed by atoms with Gasteiger partial charge in [-0.15, -0.1) is 18.8 Å². The van der Waals surface area contributed by atoms with Crippen LogP contribution in [-0.2, 0) is 38.1 Å². The Hall–Kier alpha value is -13.6. The quantitative estimate of drug-likeness (QED) is 0.0118. The van der Waals surface area contributed by atoms with Crippen molar-refractivity contribution in [2.45, 2.75) is 126 Å². The van der Waals surface area contributed by atoms with Crippen LogP contribution in [-0.4, -0.2) is 188 Å². The Morgan fingerprint density at radius 1 is 0.406 bits per heavy atom.